The lowest BCUT2D eigenvalue weighted by molar-refractivity contribution is -0.155. The summed E-state index contributed by atoms with van der Waals surface area (Å²) in [6, 6.07) is 7.95. The van der Waals surface area contributed by atoms with Crippen molar-refractivity contribution in [2.75, 3.05) is 14.2 Å². The van der Waals surface area contributed by atoms with Crippen molar-refractivity contribution in [3.63, 3.8) is 0 Å². The lowest BCUT2D eigenvalue weighted by atomic mass is 9.66. The fourth-order valence-corrected chi connectivity index (χ4v) is 3.18. The van der Waals surface area contributed by atoms with Crippen molar-refractivity contribution in [3.05, 3.63) is 35.4 Å². The number of benzene rings is 1. The van der Waals surface area contributed by atoms with Crippen molar-refractivity contribution < 1.29 is 14.3 Å². The van der Waals surface area contributed by atoms with Crippen LogP contribution in [0.1, 0.15) is 38.0 Å². The molecule has 1 aromatic carbocycles. The minimum Gasteiger partial charge on any atom is -0.468 e. The smallest absolute Gasteiger partial charge is 0.316 e. The van der Waals surface area contributed by atoms with E-state index in [2.05, 4.69) is 13.8 Å². The minimum atomic E-state index is -0.682. The molecular weight excluding hydrogens is 228 g/mol. The van der Waals surface area contributed by atoms with Crippen molar-refractivity contribution >= 4 is 5.97 Å². The van der Waals surface area contributed by atoms with Crippen LogP contribution in [0.4, 0.5) is 0 Å². The average Bonchev–Trinajstić information content (AvgIpc) is 2.54. The van der Waals surface area contributed by atoms with Gasteiger partial charge in [-0.25, -0.2) is 0 Å². The summed E-state index contributed by atoms with van der Waals surface area (Å²) in [5.41, 5.74) is 1.06. The van der Waals surface area contributed by atoms with Crippen LogP contribution >= 0.6 is 0 Å². The maximum absolute atomic E-state index is 12.3. The number of carbonyl (C=O) groups is 1. The molecular formula is C15H20O3. The number of ether oxygens (including phenoxy) is 2. The van der Waals surface area contributed by atoms with Crippen molar-refractivity contribution in [1.29, 1.82) is 0 Å². The third-order valence-electron chi connectivity index (χ3n) is 4.56. The van der Waals surface area contributed by atoms with Gasteiger partial charge in [0.25, 0.3) is 0 Å². The molecule has 0 aliphatic heterocycles. The highest BCUT2D eigenvalue weighted by Crippen LogP contribution is 2.59. The highest BCUT2D eigenvalue weighted by molar-refractivity contribution is 5.86. The molecule has 98 valence electrons. The normalized spacial score (nSPS) is 28.8. The van der Waals surface area contributed by atoms with E-state index < -0.39 is 5.41 Å². The summed E-state index contributed by atoms with van der Waals surface area (Å²) in [5.74, 6) is -0.209. The number of fused-ring (bicyclic) bond motifs is 1. The van der Waals surface area contributed by atoms with E-state index >= 15 is 0 Å². The van der Waals surface area contributed by atoms with E-state index in [9.17, 15) is 4.79 Å². The maximum atomic E-state index is 12.3. The van der Waals surface area contributed by atoms with Crippen LogP contribution in [0.5, 0.6) is 0 Å². The van der Waals surface area contributed by atoms with E-state index in [-0.39, 0.29) is 17.5 Å². The Morgan fingerprint density at radius 1 is 1.17 bits per heavy atom. The number of hydrogen-bond acceptors (Lipinski definition) is 3. The molecule has 0 heterocycles. The van der Waals surface area contributed by atoms with Gasteiger partial charge in [-0.1, -0.05) is 38.1 Å². The van der Waals surface area contributed by atoms with E-state index in [1.54, 1.807) is 7.11 Å². The number of esters is 1. The van der Waals surface area contributed by atoms with Crippen LogP contribution in [0.3, 0.4) is 0 Å². The molecule has 0 amide bonds. The van der Waals surface area contributed by atoms with Crippen molar-refractivity contribution in [1.82, 2.24) is 0 Å². The molecule has 3 heteroatoms. The van der Waals surface area contributed by atoms with E-state index in [4.69, 9.17) is 9.47 Å². The van der Waals surface area contributed by atoms with Gasteiger partial charge in [0, 0.05) is 12.5 Å². The first kappa shape index (κ1) is 13.1. The van der Waals surface area contributed by atoms with Crippen LogP contribution in [-0.4, -0.2) is 20.2 Å². The van der Waals surface area contributed by atoms with Gasteiger partial charge < -0.3 is 9.47 Å². The molecule has 1 aromatic rings. The third-order valence-corrected chi connectivity index (χ3v) is 4.56. The first-order chi connectivity index (χ1) is 8.41. The SMILES string of the molecule is COC(=O)[C@]1(C)c2ccccc2[C@H](OC)C1(C)C. The van der Waals surface area contributed by atoms with Gasteiger partial charge in [-0.2, -0.15) is 0 Å². The van der Waals surface area contributed by atoms with Gasteiger partial charge in [0.2, 0.25) is 0 Å². The second-order valence-corrected chi connectivity index (χ2v) is 5.54. The predicted octanol–water partition coefficient (Wildman–Crippen LogP) is 2.84. The lowest BCUT2D eigenvalue weighted by Gasteiger charge is -2.39. The van der Waals surface area contributed by atoms with Crippen LogP contribution in [0.25, 0.3) is 0 Å². The van der Waals surface area contributed by atoms with Gasteiger partial charge >= 0.3 is 5.97 Å². The average molecular weight is 248 g/mol. The first-order valence-electron chi connectivity index (χ1n) is 6.12. The fraction of sp³-hybridized carbons (Fsp3) is 0.533. The second kappa shape index (κ2) is 4.09. The molecule has 0 radical (unpaired) electrons. The van der Waals surface area contributed by atoms with Crippen LogP contribution in [0, 0.1) is 5.41 Å². The highest BCUT2D eigenvalue weighted by atomic mass is 16.5. The molecule has 0 saturated carbocycles. The quantitative estimate of drug-likeness (QED) is 0.755. The Hall–Kier alpha value is -1.35. The molecule has 0 saturated heterocycles. The number of carbonyl (C=O) groups excluding carboxylic acids is 1. The first-order valence-corrected chi connectivity index (χ1v) is 6.12. The Morgan fingerprint density at radius 3 is 2.33 bits per heavy atom. The van der Waals surface area contributed by atoms with Gasteiger partial charge in [-0.3, -0.25) is 4.79 Å². The highest BCUT2D eigenvalue weighted by Gasteiger charge is 2.60. The molecule has 3 nitrogen and oxygen atoms in total. The lowest BCUT2D eigenvalue weighted by Crippen LogP contribution is -2.45. The third kappa shape index (κ3) is 1.37. The summed E-state index contributed by atoms with van der Waals surface area (Å²) in [6.45, 7) is 6.05. The summed E-state index contributed by atoms with van der Waals surface area (Å²) in [5, 5.41) is 0. The topological polar surface area (TPSA) is 35.5 Å². The van der Waals surface area contributed by atoms with Crippen LogP contribution in [-0.2, 0) is 19.7 Å². The summed E-state index contributed by atoms with van der Waals surface area (Å²) < 4.78 is 10.7. The maximum Gasteiger partial charge on any atom is 0.316 e. The van der Waals surface area contributed by atoms with Crippen molar-refractivity contribution in [3.8, 4) is 0 Å². The summed E-state index contributed by atoms with van der Waals surface area (Å²) in [6.07, 6.45) is -0.0993. The Labute approximate surface area is 108 Å². The van der Waals surface area contributed by atoms with Gasteiger partial charge in [-0.15, -0.1) is 0 Å². The Kier molecular flexibility index (Phi) is 2.98. The molecule has 0 fully saturated rings. The van der Waals surface area contributed by atoms with Gasteiger partial charge in [0.15, 0.2) is 0 Å². The van der Waals surface area contributed by atoms with Gasteiger partial charge in [-0.05, 0) is 18.1 Å². The zero-order valence-electron chi connectivity index (χ0n) is 11.6. The summed E-state index contributed by atoms with van der Waals surface area (Å²) in [4.78, 5) is 12.3. The standard InChI is InChI=1S/C15H20O3/c1-14(2)12(17-4)10-8-6-7-9-11(10)15(14,3)13(16)18-5/h6-9,12H,1-5H3/t12-,15-/m0/s1. The summed E-state index contributed by atoms with van der Waals surface area (Å²) >= 11 is 0. The minimum absolute atomic E-state index is 0.0993. The molecule has 0 N–H and O–H groups in total. The van der Waals surface area contributed by atoms with E-state index in [1.165, 1.54) is 7.11 Å². The van der Waals surface area contributed by atoms with E-state index in [1.807, 2.05) is 31.2 Å². The van der Waals surface area contributed by atoms with E-state index in [0.717, 1.165) is 11.1 Å². The van der Waals surface area contributed by atoms with Crippen molar-refractivity contribution in [2.45, 2.75) is 32.3 Å². The zero-order valence-corrected chi connectivity index (χ0v) is 11.6. The largest absolute Gasteiger partial charge is 0.468 e. The van der Waals surface area contributed by atoms with Gasteiger partial charge in [0.1, 0.15) is 0 Å². The van der Waals surface area contributed by atoms with Crippen LogP contribution in [0.2, 0.25) is 0 Å². The molecule has 18 heavy (non-hydrogen) atoms. The molecule has 0 bridgehead atoms. The molecule has 1 aliphatic carbocycles. The number of methoxy groups -OCH3 is 2. The fourth-order valence-electron chi connectivity index (χ4n) is 3.18. The van der Waals surface area contributed by atoms with Crippen LogP contribution in [0.15, 0.2) is 24.3 Å². The molecule has 1 aliphatic rings. The van der Waals surface area contributed by atoms with Crippen molar-refractivity contribution in [2.24, 2.45) is 5.41 Å². The Bertz CT molecular complexity index is 478. The number of hydrogen-bond donors (Lipinski definition) is 0. The molecule has 0 spiro atoms. The monoisotopic (exact) mass is 248 g/mol. The molecule has 0 aromatic heterocycles. The second-order valence-electron chi connectivity index (χ2n) is 5.54. The van der Waals surface area contributed by atoms with Gasteiger partial charge in [0.05, 0.1) is 18.6 Å². The molecule has 2 rings (SSSR count). The Morgan fingerprint density at radius 2 is 1.78 bits per heavy atom. The van der Waals surface area contributed by atoms with E-state index in [0.29, 0.717) is 0 Å². The molecule has 0 unspecified atom stereocenters. The number of rotatable bonds is 2. The Balaban J connectivity index is 2.70. The summed E-state index contributed by atoms with van der Waals surface area (Å²) in [7, 11) is 3.12. The molecule has 2 atom stereocenters. The van der Waals surface area contributed by atoms with Crippen LogP contribution < -0.4 is 0 Å². The predicted molar refractivity (Wildman–Crippen MR) is 69.3 cm³/mol. The zero-order chi connectivity index (χ0) is 13.6.